The van der Waals surface area contributed by atoms with Crippen molar-refractivity contribution < 1.29 is 23.7 Å². The van der Waals surface area contributed by atoms with Crippen molar-refractivity contribution in [2.45, 2.75) is 34.0 Å². The van der Waals surface area contributed by atoms with Gasteiger partial charge in [-0.2, -0.15) is 5.10 Å². The van der Waals surface area contributed by atoms with Crippen LogP contribution in [0.15, 0.2) is 94.5 Å². The maximum Gasteiger partial charge on any atom is 0.271 e. The molecule has 8 heteroatoms. The molecule has 0 aliphatic carbocycles. The van der Waals surface area contributed by atoms with Crippen LogP contribution in [0.3, 0.4) is 0 Å². The van der Waals surface area contributed by atoms with Crippen LogP contribution in [0.1, 0.15) is 46.5 Å². The zero-order valence-electron chi connectivity index (χ0n) is 23.4. The molecule has 1 amide bonds. The molecule has 0 aliphatic rings. The second-order valence-corrected chi connectivity index (χ2v) is 9.96. The second kappa shape index (κ2) is 14.9. The highest BCUT2D eigenvalue weighted by Gasteiger charge is 2.14. The van der Waals surface area contributed by atoms with Gasteiger partial charge in [0.25, 0.3) is 5.91 Å². The molecule has 0 aliphatic heterocycles. The van der Waals surface area contributed by atoms with Crippen molar-refractivity contribution in [2.24, 2.45) is 5.10 Å². The van der Waals surface area contributed by atoms with Gasteiger partial charge in [0.2, 0.25) is 0 Å². The summed E-state index contributed by atoms with van der Waals surface area (Å²) in [6, 6.07) is 26.8. The Bertz CT molecular complexity index is 1470. The van der Waals surface area contributed by atoms with Gasteiger partial charge >= 0.3 is 0 Å². The SMILES string of the molecule is CCOc1cc(C(=O)N/N=C/c2cc(Br)c(OCc3ccc(C)cc3)c(OCC)c2)ccc1OCc1ccccc1. The van der Waals surface area contributed by atoms with Gasteiger partial charge in [-0.15, -0.1) is 0 Å². The maximum atomic E-state index is 12.8. The van der Waals surface area contributed by atoms with Crippen LogP contribution in [-0.2, 0) is 13.2 Å². The Morgan fingerprint density at radius 1 is 0.780 bits per heavy atom. The fourth-order valence-electron chi connectivity index (χ4n) is 3.91. The van der Waals surface area contributed by atoms with Crippen LogP contribution in [0.5, 0.6) is 23.0 Å². The summed E-state index contributed by atoms with van der Waals surface area (Å²) in [5, 5.41) is 4.15. The van der Waals surface area contributed by atoms with E-state index in [1.54, 1.807) is 24.4 Å². The third-order valence-electron chi connectivity index (χ3n) is 5.96. The van der Waals surface area contributed by atoms with E-state index >= 15 is 0 Å². The van der Waals surface area contributed by atoms with Gasteiger partial charge in [-0.05, 0) is 83.7 Å². The molecule has 0 atom stereocenters. The van der Waals surface area contributed by atoms with E-state index in [-0.39, 0.29) is 5.91 Å². The summed E-state index contributed by atoms with van der Waals surface area (Å²) in [4.78, 5) is 12.8. The summed E-state index contributed by atoms with van der Waals surface area (Å²) >= 11 is 3.59. The lowest BCUT2D eigenvalue weighted by molar-refractivity contribution is 0.0954. The average molecular weight is 618 g/mol. The minimum Gasteiger partial charge on any atom is -0.490 e. The van der Waals surface area contributed by atoms with Gasteiger partial charge in [-0.1, -0.05) is 60.2 Å². The monoisotopic (exact) mass is 616 g/mol. The molecular weight excluding hydrogens is 584 g/mol. The van der Waals surface area contributed by atoms with Gasteiger partial charge in [0.1, 0.15) is 13.2 Å². The lowest BCUT2D eigenvalue weighted by Gasteiger charge is -2.15. The highest BCUT2D eigenvalue weighted by molar-refractivity contribution is 9.10. The minimum atomic E-state index is -0.376. The van der Waals surface area contributed by atoms with Gasteiger partial charge in [0, 0.05) is 5.56 Å². The first-order valence-electron chi connectivity index (χ1n) is 13.4. The molecular formula is C33H33BrN2O5. The zero-order chi connectivity index (χ0) is 29.0. The summed E-state index contributed by atoms with van der Waals surface area (Å²) in [5.74, 6) is 1.86. The molecule has 41 heavy (non-hydrogen) atoms. The van der Waals surface area contributed by atoms with Crippen LogP contribution in [0, 0.1) is 6.92 Å². The lowest BCUT2D eigenvalue weighted by Crippen LogP contribution is -2.17. The smallest absolute Gasteiger partial charge is 0.271 e. The van der Waals surface area contributed by atoms with Gasteiger partial charge in [0.05, 0.1) is 23.9 Å². The van der Waals surface area contributed by atoms with Crippen LogP contribution in [-0.4, -0.2) is 25.3 Å². The van der Waals surface area contributed by atoms with Crippen LogP contribution < -0.4 is 24.4 Å². The third kappa shape index (κ3) is 8.59. The number of nitrogens with one attached hydrogen (secondary N) is 1. The molecule has 0 spiro atoms. The largest absolute Gasteiger partial charge is 0.490 e. The molecule has 7 nitrogen and oxygen atoms in total. The summed E-state index contributed by atoms with van der Waals surface area (Å²) in [6.45, 7) is 7.55. The van der Waals surface area contributed by atoms with Crippen LogP contribution >= 0.6 is 15.9 Å². The Hall–Kier alpha value is -4.30. The third-order valence-corrected chi connectivity index (χ3v) is 6.55. The molecule has 0 bridgehead atoms. The number of rotatable bonds is 13. The van der Waals surface area contributed by atoms with Crippen molar-refractivity contribution in [3.63, 3.8) is 0 Å². The Morgan fingerprint density at radius 3 is 2.20 bits per heavy atom. The summed E-state index contributed by atoms with van der Waals surface area (Å²) in [6.07, 6.45) is 1.55. The summed E-state index contributed by atoms with van der Waals surface area (Å²) in [5.41, 5.74) is 6.99. The molecule has 1 N–H and O–H groups in total. The molecule has 0 radical (unpaired) electrons. The van der Waals surface area contributed by atoms with E-state index in [1.165, 1.54) is 5.56 Å². The van der Waals surface area contributed by atoms with E-state index in [0.29, 0.717) is 55.0 Å². The number of hydrogen-bond acceptors (Lipinski definition) is 6. The van der Waals surface area contributed by atoms with Gasteiger partial charge in [0.15, 0.2) is 23.0 Å². The molecule has 0 saturated carbocycles. The number of carbonyl (C=O) groups excluding carboxylic acids is 1. The van der Waals surface area contributed by atoms with Crippen LogP contribution in [0.2, 0.25) is 0 Å². The van der Waals surface area contributed by atoms with E-state index in [1.807, 2.05) is 75.4 Å². The predicted octanol–water partition coefficient (Wildman–Crippen LogP) is 7.48. The van der Waals surface area contributed by atoms with E-state index in [2.05, 4.69) is 38.6 Å². The molecule has 4 rings (SSSR count). The number of benzene rings is 4. The number of nitrogens with zero attached hydrogens (tertiary/aromatic N) is 1. The number of hydrazone groups is 1. The zero-order valence-corrected chi connectivity index (χ0v) is 24.9. The Morgan fingerprint density at radius 2 is 1.46 bits per heavy atom. The fraction of sp³-hybridized carbons (Fsp3) is 0.212. The highest BCUT2D eigenvalue weighted by Crippen LogP contribution is 2.37. The number of aryl methyl sites for hydroxylation is 1. The van der Waals surface area contributed by atoms with Crippen molar-refractivity contribution in [1.82, 2.24) is 5.43 Å². The molecule has 4 aromatic carbocycles. The molecule has 0 heterocycles. The topological polar surface area (TPSA) is 78.4 Å². The lowest BCUT2D eigenvalue weighted by atomic mass is 10.1. The predicted molar refractivity (Wildman–Crippen MR) is 164 cm³/mol. The Labute approximate surface area is 249 Å². The first kappa shape index (κ1) is 29.7. The number of carbonyl (C=O) groups is 1. The number of hydrogen-bond donors (Lipinski definition) is 1. The summed E-state index contributed by atoms with van der Waals surface area (Å²) in [7, 11) is 0. The van der Waals surface area contributed by atoms with Gasteiger partial charge < -0.3 is 18.9 Å². The summed E-state index contributed by atoms with van der Waals surface area (Å²) < 4.78 is 24.3. The van der Waals surface area contributed by atoms with E-state index in [4.69, 9.17) is 18.9 Å². The van der Waals surface area contributed by atoms with Gasteiger partial charge in [-0.25, -0.2) is 5.43 Å². The quantitative estimate of drug-likeness (QED) is 0.124. The highest BCUT2D eigenvalue weighted by atomic mass is 79.9. The minimum absolute atomic E-state index is 0.376. The van der Waals surface area contributed by atoms with Crippen LogP contribution in [0.25, 0.3) is 0 Å². The molecule has 0 fully saturated rings. The molecule has 0 aromatic heterocycles. The molecule has 4 aromatic rings. The standard InChI is InChI=1S/C33H33BrN2O5/c1-4-38-30-19-27(15-16-29(30)40-21-24-9-7-6-8-10-24)33(37)36-35-20-26-17-28(34)32(31(18-26)39-5-2)41-22-25-13-11-23(3)12-14-25/h6-20H,4-5,21-22H2,1-3H3,(H,36,37)/b35-20+. The maximum absolute atomic E-state index is 12.8. The van der Waals surface area contributed by atoms with E-state index < -0.39 is 0 Å². The fourth-order valence-corrected chi connectivity index (χ4v) is 4.48. The van der Waals surface area contributed by atoms with E-state index in [0.717, 1.165) is 21.2 Å². The Balaban J connectivity index is 1.42. The first-order chi connectivity index (χ1) is 20.0. The normalized spacial score (nSPS) is 10.8. The number of amides is 1. The second-order valence-electron chi connectivity index (χ2n) is 9.11. The molecule has 0 unspecified atom stereocenters. The van der Waals surface area contributed by atoms with Crippen molar-refractivity contribution >= 4 is 28.1 Å². The van der Waals surface area contributed by atoms with Crippen molar-refractivity contribution in [2.75, 3.05) is 13.2 Å². The average Bonchev–Trinajstić information content (AvgIpc) is 2.98. The van der Waals surface area contributed by atoms with Crippen LogP contribution in [0.4, 0.5) is 0 Å². The van der Waals surface area contributed by atoms with Crippen molar-refractivity contribution in [1.29, 1.82) is 0 Å². The van der Waals surface area contributed by atoms with E-state index in [9.17, 15) is 4.79 Å². The molecule has 0 saturated heterocycles. The Kier molecular flexibility index (Phi) is 10.8. The van der Waals surface area contributed by atoms with Crippen molar-refractivity contribution in [3.05, 3.63) is 117 Å². The molecule has 212 valence electrons. The van der Waals surface area contributed by atoms with Gasteiger partial charge in [-0.3, -0.25) is 4.79 Å². The number of ether oxygens (including phenoxy) is 4. The van der Waals surface area contributed by atoms with Crippen molar-refractivity contribution in [3.8, 4) is 23.0 Å². The number of halogens is 1. The first-order valence-corrected chi connectivity index (χ1v) is 14.2.